The molecular formula is C14H30O2. The van der Waals surface area contributed by atoms with Crippen molar-refractivity contribution in [3.05, 3.63) is 0 Å². The van der Waals surface area contributed by atoms with Crippen LogP contribution in [0.5, 0.6) is 0 Å². The Morgan fingerprint density at radius 2 is 1.44 bits per heavy atom. The minimum atomic E-state index is -0.382. The van der Waals surface area contributed by atoms with Crippen LogP contribution in [0.1, 0.15) is 72.1 Å². The minimum absolute atomic E-state index is 0.0709. The van der Waals surface area contributed by atoms with Crippen molar-refractivity contribution in [3.63, 3.8) is 0 Å². The highest BCUT2D eigenvalue weighted by Gasteiger charge is 2.22. The topological polar surface area (TPSA) is 40.5 Å². The van der Waals surface area contributed by atoms with Gasteiger partial charge in [0.05, 0.1) is 12.2 Å². The van der Waals surface area contributed by atoms with Crippen LogP contribution in [0.3, 0.4) is 0 Å². The van der Waals surface area contributed by atoms with E-state index in [4.69, 9.17) is 0 Å². The Balaban J connectivity index is 3.82. The van der Waals surface area contributed by atoms with Gasteiger partial charge in [0.1, 0.15) is 0 Å². The molecule has 3 atom stereocenters. The quantitative estimate of drug-likeness (QED) is 0.564. The van der Waals surface area contributed by atoms with Crippen molar-refractivity contribution in [2.24, 2.45) is 5.92 Å². The molecule has 98 valence electrons. The van der Waals surface area contributed by atoms with Crippen LogP contribution in [0, 0.1) is 5.92 Å². The highest BCUT2D eigenvalue weighted by molar-refractivity contribution is 4.73. The van der Waals surface area contributed by atoms with Gasteiger partial charge in [0, 0.05) is 5.92 Å². The second-order valence-corrected chi connectivity index (χ2v) is 4.96. The Bertz CT molecular complexity index is 146. The van der Waals surface area contributed by atoms with E-state index in [2.05, 4.69) is 13.8 Å². The Morgan fingerprint density at radius 3 is 1.94 bits per heavy atom. The van der Waals surface area contributed by atoms with Gasteiger partial charge in [-0.2, -0.15) is 0 Å². The molecular weight excluding hydrogens is 200 g/mol. The van der Waals surface area contributed by atoms with Crippen molar-refractivity contribution >= 4 is 0 Å². The average molecular weight is 230 g/mol. The third kappa shape index (κ3) is 7.24. The van der Waals surface area contributed by atoms with E-state index in [0.717, 1.165) is 32.1 Å². The first-order chi connectivity index (χ1) is 7.63. The predicted octanol–water partition coefficient (Wildman–Crippen LogP) is 3.50. The van der Waals surface area contributed by atoms with Gasteiger partial charge in [-0.3, -0.25) is 0 Å². The molecule has 0 aliphatic rings. The van der Waals surface area contributed by atoms with E-state index in [0.29, 0.717) is 0 Å². The molecule has 0 aromatic carbocycles. The van der Waals surface area contributed by atoms with Gasteiger partial charge >= 0.3 is 0 Å². The van der Waals surface area contributed by atoms with Gasteiger partial charge in [0.2, 0.25) is 0 Å². The molecule has 2 nitrogen and oxygen atoms in total. The summed E-state index contributed by atoms with van der Waals surface area (Å²) in [6.45, 7) is 6.14. The molecule has 0 heterocycles. The van der Waals surface area contributed by atoms with Gasteiger partial charge in [0.15, 0.2) is 0 Å². The molecule has 0 amide bonds. The standard InChI is InChI=1S/C14H30O2/c1-4-6-8-9-11-14(16)13(12(3)15)10-7-5-2/h12-16H,4-11H2,1-3H3. The lowest BCUT2D eigenvalue weighted by Gasteiger charge is -2.25. The second kappa shape index (κ2) is 10.1. The zero-order valence-electron chi connectivity index (χ0n) is 11.3. The molecule has 0 saturated heterocycles. The average Bonchev–Trinajstić information content (AvgIpc) is 2.24. The largest absolute Gasteiger partial charge is 0.393 e. The number of unbranched alkanes of at least 4 members (excludes halogenated alkanes) is 4. The zero-order chi connectivity index (χ0) is 12.4. The van der Waals surface area contributed by atoms with Crippen LogP contribution < -0.4 is 0 Å². The lowest BCUT2D eigenvalue weighted by Crippen LogP contribution is -2.30. The van der Waals surface area contributed by atoms with E-state index in [1.165, 1.54) is 19.3 Å². The number of aliphatic hydroxyl groups is 2. The number of hydrogen-bond donors (Lipinski definition) is 2. The van der Waals surface area contributed by atoms with Crippen LogP contribution in [-0.2, 0) is 0 Å². The first-order valence-electron chi connectivity index (χ1n) is 6.99. The van der Waals surface area contributed by atoms with E-state index in [1.54, 1.807) is 6.92 Å². The summed E-state index contributed by atoms with van der Waals surface area (Å²) in [6.07, 6.45) is 8.09. The lowest BCUT2D eigenvalue weighted by molar-refractivity contribution is 0.0106. The van der Waals surface area contributed by atoms with Crippen molar-refractivity contribution in [2.45, 2.75) is 84.3 Å². The van der Waals surface area contributed by atoms with Crippen molar-refractivity contribution in [1.82, 2.24) is 0 Å². The van der Waals surface area contributed by atoms with Crippen LogP contribution in [0.2, 0.25) is 0 Å². The normalized spacial score (nSPS) is 17.1. The summed E-state index contributed by atoms with van der Waals surface area (Å²) in [5, 5.41) is 19.7. The fourth-order valence-corrected chi connectivity index (χ4v) is 2.19. The predicted molar refractivity (Wildman–Crippen MR) is 69.5 cm³/mol. The molecule has 0 rings (SSSR count). The fourth-order valence-electron chi connectivity index (χ4n) is 2.19. The number of aliphatic hydroxyl groups excluding tert-OH is 2. The summed E-state index contributed by atoms with van der Waals surface area (Å²) in [7, 11) is 0. The van der Waals surface area contributed by atoms with Crippen LogP contribution in [-0.4, -0.2) is 22.4 Å². The van der Waals surface area contributed by atoms with Crippen molar-refractivity contribution in [2.75, 3.05) is 0 Å². The number of hydrogen-bond acceptors (Lipinski definition) is 2. The molecule has 2 heteroatoms. The van der Waals surface area contributed by atoms with Gasteiger partial charge in [-0.25, -0.2) is 0 Å². The molecule has 0 spiro atoms. The van der Waals surface area contributed by atoms with E-state index < -0.39 is 0 Å². The Kier molecular flexibility index (Phi) is 10.0. The Morgan fingerprint density at radius 1 is 0.812 bits per heavy atom. The molecule has 16 heavy (non-hydrogen) atoms. The van der Waals surface area contributed by atoms with Gasteiger partial charge in [-0.1, -0.05) is 52.4 Å². The molecule has 0 aliphatic heterocycles. The monoisotopic (exact) mass is 230 g/mol. The van der Waals surface area contributed by atoms with Gasteiger partial charge in [-0.15, -0.1) is 0 Å². The smallest absolute Gasteiger partial charge is 0.0593 e. The third-order valence-corrected chi connectivity index (χ3v) is 3.36. The van der Waals surface area contributed by atoms with E-state index in [1.807, 2.05) is 0 Å². The minimum Gasteiger partial charge on any atom is -0.393 e. The maximum atomic E-state index is 10.0. The summed E-state index contributed by atoms with van der Waals surface area (Å²) in [4.78, 5) is 0. The Hall–Kier alpha value is -0.0800. The molecule has 3 unspecified atom stereocenters. The highest BCUT2D eigenvalue weighted by atomic mass is 16.3. The van der Waals surface area contributed by atoms with Gasteiger partial charge < -0.3 is 10.2 Å². The Labute approximate surface area is 101 Å². The molecule has 0 aromatic rings. The first-order valence-corrected chi connectivity index (χ1v) is 6.99. The first kappa shape index (κ1) is 15.9. The van der Waals surface area contributed by atoms with Crippen LogP contribution in [0.25, 0.3) is 0 Å². The maximum absolute atomic E-state index is 10.0. The summed E-state index contributed by atoms with van der Waals surface area (Å²) in [6, 6.07) is 0. The summed E-state index contributed by atoms with van der Waals surface area (Å²) >= 11 is 0. The van der Waals surface area contributed by atoms with Crippen molar-refractivity contribution < 1.29 is 10.2 Å². The molecule has 0 aliphatic carbocycles. The van der Waals surface area contributed by atoms with Gasteiger partial charge in [-0.05, 0) is 19.8 Å². The molecule has 0 saturated carbocycles. The highest BCUT2D eigenvalue weighted by Crippen LogP contribution is 2.21. The lowest BCUT2D eigenvalue weighted by atomic mass is 9.88. The van der Waals surface area contributed by atoms with Crippen molar-refractivity contribution in [1.29, 1.82) is 0 Å². The van der Waals surface area contributed by atoms with Crippen LogP contribution in [0.4, 0.5) is 0 Å². The van der Waals surface area contributed by atoms with Crippen molar-refractivity contribution in [3.8, 4) is 0 Å². The van der Waals surface area contributed by atoms with E-state index >= 15 is 0 Å². The fraction of sp³-hybridized carbons (Fsp3) is 1.00. The summed E-state index contributed by atoms with van der Waals surface area (Å²) < 4.78 is 0. The molecule has 0 aromatic heterocycles. The number of rotatable bonds is 10. The molecule has 2 N–H and O–H groups in total. The third-order valence-electron chi connectivity index (χ3n) is 3.36. The van der Waals surface area contributed by atoms with E-state index in [9.17, 15) is 10.2 Å². The zero-order valence-corrected chi connectivity index (χ0v) is 11.3. The van der Waals surface area contributed by atoms with E-state index in [-0.39, 0.29) is 18.1 Å². The van der Waals surface area contributed by atoms with Gasteiger partial charge in [0.25, 0.3) is 0 Å². The second-order valence-electron chi connectivity index (χ2n) is 4.96. The summed E-state index contributed by atoms with van der Waals surface area (Å²) in [5.74, 6) is 0.0709. The molecule has 0 radical (unpaired) electrons. The summed E-state index contributed by atoms with van der Waals surface area (Å²) in [5.41, 5.74) is 0. The molecule has 0 bridgehead atoms. The molecule has 0 fully saturated rings. The maximum Gasteiger partial charge on any atom is 0.0593 e. The van der Waals surface area contributed by atoms with Crippen LogP contribution in [0.15, 0.2) is 0 Å². The SMILES string of the molecule is CCCCCCC(O)C(CCCC)C(C)O. The van der Waals surface area contributed by atoms with Crippen LogP contribution >= 0.6 is 0 Å².